The van der Waals surface area contributed by atoms with Gasteiger partial charge >= 0.3 is 5.97 Å². The summed E-state index contributed by atoms with van der Waals surface area (Å²) in [6.45, 7) is 0. The number of aliphatic carboxylic acids is 1. The molecule has 4 heteroatoms. The molecule has 1 N–H and O–H groups in total. The SMILES string of the molecule is CN1c2ccc(Cl)cc2CCC1CC(=O)O. The predicted octanol–water partition coefficient (Wildman–Crippen LogP) is 2.57. The number of carbonyl (C=O) groups is 1. The molecule has 1 heterocycles. The van der Waals surface area contributed by atoms with E-state index in [1.165, 1.54) is 5.56 Å². The van der Waals surface area contributed by atoms with Crippen LogP contribution in [0, 0.1) is 0 Å². The number of rotatable bonds is 2. The number of carboxylic acid groups (broad SMARTS) is 1. The molecule has 0 spiro atoms. The molecule has 1 aliphatic rings. The molecule has 1 aromatic carbocycles. The van der Waals surface area contributed by atoms with E-state index in [0.29, 0.717) is 0 Å². The summed E-state index contributed by atoms with van der Waals surface area (Å²) in [6, 6.07) is 5.86. The lowest BCUT2D eigenvalue weighted by Crippen LogP contribution is -2.37. The van der Waals surface area contributed by atoms with Crippen molar-refractivity contribution in [2.75, 3.05) is 11.9 Å². The molecule has 0 bridgehead atoms. The molecule has 86 valence electrons. The van der Waals surface area contributed by atoms with E-state index < -0.39 is 5.97 Å². The van der Waals surface area contributed by atoms with Crippen LogP contribution >= 0.6 is 11.6 Å². The molecular weight excluding hydrogens is 226 g/mol. The third kappa shape index (κ3) is 2.14. The Labute approximate surface area is 99.6 Å². The molecule has 0 radical (unpaired) electrons. The summed E-state index contributed by atoms with van der Waals surface area (Å²) in [5.41, 5.74) is 2.30. The smallest absolute Gasteiger partial charge is 0.305 e. The largest absolute Gasteiger partial charge is 0.481 e. The van der Waals surface area contributed by atoms with E-state index in [9.17, 15) is 4.79 Å². The molecule has 1 unspecified atom stereocenters. The zero-order valence-corrected chi connectivity index (χ0v) is 9.87. The first-order valence-corrected chi connectivity index (χ1v) is 5.69. The van der Waals surface area contributed by atoms with Crippen molar-refractivity contribution < 1.29 is 9.90 Å². The van der Waals surface area contributed by atoms with Gasteiger partial charge in [-0.25, -0.2) is 0 Å². The lowest BCUT2D eigenvalue weighted by Gasteiger charge is -2.35. The standard InChI is InChI=1S/C12H14ClNO2/c1-14-10(7-12(15)16)4-2-8-6-9(13)3-5-11(8)14/h3,5-6,10H,2,4,7H2,1H3,(H,15,16). The van der Waals surface area contributed by atoms with Crippen LogP contribution in [0.25, 0.3) is 0 Å². The van der Waals surface area contributed by atoms with Crippen LogP contribution in [-0.2, 0) is 11.2 Å². The van der Waals surface area contributed by atoms with Gasteiger partial charge in [-0.2, -0.15) is 0 Å². The maximum atomic E-state index is 10.7. The minimum Gasteiger partial charge on any atom is -0.481 e. The molecule has 16 heavy (non-hydrogen) atoms. The number of benzene rings is 1. The van der Waals surface area contributed by atoms with Crippen molar-refractivity contribution in [3.63, 3.8) is 0 Å². The number of carboxylic acids is 1. The zero-order valence-electron chi connectivity index (χ0n) is 9.11. The number of halogens is 1. The van der Waals surface area contributed by atoms with E-state index in [2.05, 4.69) is 0 Å². The number of aryl methyl sites for hydroxylation is 1. The first-order valence-electron chi connectivity index (χ1n) is 5.31. The lowest BCUT2D eigenvalue weighted by molar-refractivity contribution is -0.137. The summed E-state index contributed by atoms with van der Waals surface area (Å²) < 4.78 is 0. The number of anilines is 1. The second-order valence-corrected chi connectivity index (χ2v) is 4.61. The topological polar surface area (TPSA) is 40.5 Å². The highest BCUT2D eigenvalue weighted by Crippen LogP contribution is 2.32. The van der Waals surface area contributed by atoms with Crippen molar-refractivity contribution in [2.24, 2.45) is 0 Å². The Morgan fingerprint density at radius 2 is 2.38 bits per heavy atom. The summed E-state index contributed by atoms with van der Waals surface area (Å²) in [5.74, 6) is -0.741. The second kappa shape index (κ2) is 4.34. The Hall–Kier alpha value is -1.22. The molecule has 0 saturated heterocycles. The van der Waals surface area contributed by atoms with Gasteiger partial charge in [0.25, 0.3) is 0 Å². The summed E-state index contributed by atoms with van der Waals surface area (Å²) in [6.07, 6.45) is 1.97. The molecule has 0 saturated carbocycles. The van der Waals surface area contributed by atoms with Crippen LogP contribution in [0.15, 0.2) is 18.2 Å². The molecule has 0 aromatic heterocycles. The van der Waals surface area contributed by atoms with Crippen LogP contribution in [0.5, 0.6) is 0 Å². The summed E-state index contributed by atoms with van der Waals surface area (Å²) in [5, 5.41) is 9.57. The Kier molecular flexibility index (Phi) is 3.06. The van der Waals surface area contributed by atoms with Crippen LogP contribution in [-0.4, -0.2) is 24.2 Å². The normalized spacial score (nSPS) is 19.4. The Morgan fingerprint density at radius 1 is 1.62 bits per heavy atom. The number of nitrogens with zero attached hydrogens (tertiary/aromatic N) is 1. The van der Waals surface area contributed by atoms with Gasteiger partial charge in [0, 0.05) is 23.8 Å². The summed E-state index contributed by atoms with van der Waals surface area (Å²) in [7, 11) is 1.94. The van der Waals surface area contributed by atoms with Crippen molar-refractivity contribution in [3.8, 4) is 0 Å². The quantitative estimate of drug-likeness (QED) is 0.862. The van der Waals surface area contributed by atoms with Crippen LogP contribution < -0.4 is 4.90 Å². The molecule has 0 aliphatic carbocycles. The van der Waals surface area contributed by atoms with Gasteiger partial charge in [-0.15, -0.1) is 0 Å². The van der Waals surface area contributed by atoms with E-state index >= 15 is 0 Å². The average Bonchev–Trinajstić information content (AvgIpc) is 2.22. The second-order valence-electron chi connectivity index (χ2n) is 4.17. The van der Waals surface area contributed by atoms with Crippen LogP contribution in [0.3, 0.4) is 0 Å². The fourth-order valence-corrected chi connectivity index (χ4v) is 2.45. The van der Waals surface area contributed by atoms with Gasteiger partial charge in [0.1, 0.15) is 0 Å². The number of hydrogen-bond donors (Lipinski definition) is 1. The van der Waals surface area contributed by atoms with Crippen LogP contribution in [0.2, 0.25) is 5.02 Å². The van der Waals surface area contributed by atoms with Crippen LogP contribution in [0.1, 0.15) is 18.4 Å². The van der Waals surface area contributed by atoms with Gasteiger partial charge in [-0.1, -0.05) is 11.6 Å². The van der Waals surface area contributed by atoms with E-state index in [-0.39, 0.29) is 12.5 Å². The van der Waals surface area contributed by atoms with E-state index in [1.807, 2.05) is 30.1 Å². The van der Waals surface area contributed by atoms with E-state index in [4.69, 9.17) is 16.7 Å². The van der Waals surface area contributed by atoms with Crippen molar-refractivity contribution in [3.05, 3.63) is 28.8 Å². The van der Waals surface area contributed by atoms with Crippen LogP contribution in [0.4, 0.5) is 5.69 Å². The van der Waals surface area contributed by atoms with Gasteiger partial charge in [-0.3, -0.25) is 4.79 Å². The Bertz CT molecular complexity index is 419. The monoisotopic (exact) mass is 239 g/mol. The Balaban J connectivity index is 2.25. The highest BCUT2D eigenvalue weighted by molar-refractivity contribution is 6.30. The molecule has 0 amide bonds. The molecule has 1 aliphatic heterocycles. The minimum atomic E-state index is -0.741. The lowest BCUT2D eigenvalue weighted by atomic mass is 9.94. The van der Waals surface area contributed by atoms with Crippen molar-refractivity contribution >= 4 is 23.3 Å². The first kappa shape index (κ1) is 11.3. The highest BCUT2D eigenvalue weighted by atomic mass is 35.5. The van der Waals surface area contributed by atoms with Gasteiger partial charge < -0.3 is 10.0 Å². The summed E-state index contributed by atoms with van der Waals surface area (Å²) in [4.78, 5) is 12.8. The fraction of sp³-hybridized carbons (Fsp3) is 0.417. The zero-order chi connectivity index (χ0) is 11.7. The Morgan fingerprint density at radius 3 is 3.06 bits per heavy atom. The molecular formula is C12H14ClNO2. The van der Waals surface area contributed by atoms with E-state index in [1.54, 1.807) is 0 Å². The van der Waals surface area contributed by atoms with Gasteiger partial charge in [0.15, 0.2) is 0 Å². The fourth-order valence-electron chi connectivity index (χ4n) is 2.25. The highest BCUT2D eigenvalue weighted by Gasteiger charge is 2.25. The minimum absolute atomic E-state index is 0.0891. The van der Waals surface area contributed by atoms with Crippen molar-refractivity contribution in [2.45, 2.75) is 25.3 Å². The predicted molar refractivity (Wildman–Crippen MR) is 64.2 cm³/mol. The number of hydrogen-bond acceptors (Lipinski definition) is 2. The molecule has 0 fully saturated rings. The third-order valence-corrected chi connectivity index (χ3v) is 3.36. The van der Waals surface area contributed by atoms with Crippen molar-refractivity contribution in [1.29, 1.82) is 0 Å². The number of fused-ring (bicyclic) bond motifs is 1. The van der Waals surface area contributed by atoms with E-state index in [0.717, 1.165) is 23.6 Å². The maximum absolute atomic E-state index is 10.7. The average molecular weight is 240 g/mol. The molecule has 1 atom stereocenters. The molecule has 2 rings (SSSR count). The van der Waals surface area contributed by atoms with Gasteiger partial charge in [0.05, 0.1) is 6.42 Å². The maximum Gasteiger partial charge on any atom is 0.305 e. The molecule has 3 nitrogen and oxygen atoms in total. The third-order valence-electron chi connectivity index (χ3n) is 3.13. The van der Waals surface area contributed by atoms with Crippen molar-refractivity contribution in [1.82, 2.24) is 0 Å². The van der Waals surface area contributed by atoms with Gasteiger partial charge in [0.2, 0.25) is 0 Å². The summed E-state index contributed by atoms with van der Waals surface area (Å²) >= 11 is 5.93. The molecule has 1 aromatic rings. The first-order chi connectivity index (χ1) is 7.58. The van der Waals surface area contributed by atoms with Gasteiger partial charge in [-0.05, 0) is 36.6 Å².